The number of halogens is 1. The molecule has 0 aromatic rings. The van der Waals surface area contributed by atoms with E-state index in [1.54, 1.807) is 7.05 Å². The smallest absolute Gasteiger partial charge is 0.279 e. The van der Waals surface area contributed by atoms with Crippen LogP contribution in [0.1, 0.15) is 19.8 Å². The van der Waals surface area contributed by atoms with E-state index >= 15 is 0 Å². The molecule has 0 aliphatic carbocycles. The maximum absolute atomic E-state index is 11.7. The predicted molar refractivity (Wildman–Crippen MR) is 63.5 cm³/mol. The summed E-state index contributed by atoms with van der Waals surface area (Å²) in [5.41, 5.74) is 0. The summed E-state index contributed by atoms with van der Waals surface area (Å²) in [5.74, 6) is 0. The van der Waals surface area contributed by atoms with Gasteiger partial charge < -0.3 is 5.32 Å². The van der Waals surface area contributed by atoms with Crippen molar-refractivity contribution in [2.45, 2.75) is 25.8 Å². The van der Waals surface area contributed by atoms with E-state index in [0.29, 0.717) is 6.54 Å². The monoisotopic (exact) mass is 257 g/mol. The van der Waals surface area contributed by atoms with Crippen LogP contribution in [0.3, 0.4) is 0 Å². The van der Waals surface area contributed by atoms with Gasteiger partial charge in [0.15, 0.2) is 0 Å². The second-order valence-electron chi connectivity index (χ2n) is 3.56. The summed E-state index contributed by atoms with van der Waals surface area (Å²) in [5, 5.41) is 3.15. The fraction of sp³-hybridized carbons (Fsp3) is 1.00. The highest BCUT2D eigenvalue weighted by atomic mass is 35.5. The number of nitrogens with one attached hydrogen (secondary N) is 2. The third-order valence-electron chi connectivity index (χ3n) is 2.46. The van der Waals surface area contributed by atoms with Crippen LogP contribution in [0.2, 0.25) is 0 Å². The molecule has 0 aromatic heterocycles. The summed E-state index contributed by atoms with van der Waals surface area (Å²) in [7, 11) is -1.63. The van der Waals surface area contributed by atoms with Crippen LogP contribution in [0.15, 0.2) is 0 Å². The maximum atomic E-state index is 11.7. The molecule has 15 heavy (non-hydrogen) atoms. The lowest BCUT2D eigenvalue weighted by Gasteiger charge is -2.23. The van der Waals surface area contributed by atoms with Crippen molar-refractivity contribution >= 4 is 22.6 Å². The quantitative estimate of drug-likeness (QED) is 0.726. The largest absolute Gasteiger partial charge is 0.315 e. The van der Waals surface area contributed by atoms with Gasteiger partial charge in [0.2, 0.25) is 0 Å². The van der Waals surface area contributed by atoms with Crippen LogP contribution in [-0.4, -0.2) is 45.4 Å². The van der Waals surface area contributed by atoms with Gasteiger partial charge in [0.1, 0.15) is 0 Å². The van der Waals surface area contributed by atoms with Crippen LogP contribution in [0.25, 0.3) is 0 Å². The van der Waals surface area contributed by atoms with E-state index in [1.165, 1.54) is 4.31 Å². The Bertz CT molecular complexity index is 265. The first-order chi connectivity index (χ1) is 6.58. The number of hydrogen-bond donors (Lipinski definition) is 2. The van der Waals surface area contributed by atoms with Crippen LogP contribution >= 0.6 is 12.4 Å². The number of likely N-dealkylation sites (N-methyl/N-ethyl adjacent to an activating group) is 1. The van der Waals surface area contributed by atoms with Crippen molar-refractivity contribution in [2.75, 3.05) is 26.7 Å². The molecule has 1 fully saturated rings. The van der Waals surface area contributed by atoms with Gasteiger partial charge in [-0.2, -0.15) is 12.7 Å². The average Bonchev–Trinajstić information content (AvgIpc) is 2.66. The summed E-state index contributed by atoms with van der Waals surface area (Å²) in [6, 6.07) is 0.101. The molecule has 7 heteroatoms. The second kappa shape index (κ2) is 6.65. The zero-order valence-electron chi connectivity index (χ0n) is 9.19. The molecule has 1 heterocycles. The molecule has 1 aliphatic rings. The summed E-state index contributed by atoms with van der Waals surface area (Å²) in [6.07, 6.45) is 1.71. The number of hydrogen-bond acceptors (Lipinski definition) is 3. The van der Waals surface area contributed by atoms with Gasteiger partial charge in [-0.05, 0) is 19.4 Å². The summed E-state index contributed by atoms with van der Waals surface area (Å²) in [6.45, 7) is 4.11. The molecule has 0 bridgehead atoms. The molecule has 0 saturated carbocycles. The SMILES string of the molecule is CCCNS(=O)(=O)N(C)C1CCNC1.Cl. The minimum Gasteiger partial charge on any atom is -0.315 e. The molecule has 1 rings (SSSR count). The van der Waals surface area contributed by atoms with Crippen LogP contribution in [0.4, 0.5) is 0 Å². The fourth-order valence-electron chi connectivity index (χ4n) is 1.48. The van der Waals surface area contributed by atoms with Crippen LogP contribution in [0.5, 0.6) is 0 Å². The highest BCUT2D eigenvalue weighted by Gasteiger charge is 2.27. The van der Waals surface area contributed by atoms with E-state index in [4.69, 9.17) is 0 Å². The highest BCUT2D eigenvalue weighted by molar-refractivity contribution is 7.87. The molecule has 1 unspecified atom stereocenters. The number of rotatable bonds is 5. The third-order valence-corrected chi connectivity index (χ3v) is 4.09. The van der Waals surface area contributed by atoms with Crippen molar-refractivity contribution in [3.05, 3.63) is 0 Å². The predicted octanol–water partition coefficient (Wildman–Crippen LogP) is -0.0537. The van der Waals surface area contributed by atoms with Gasteiger partial charge in [-0.15, -0.1) is 12.4 Å². The van der Waals surface area contributed by atoms with E-state index in [9.17, 15) is 8.42 Å². The van der Waals surface area contributed by atoms with Gasteiger partial charge >= 0.3 is 0 Å². The lowest BCUT2D eigenvalue weighted by atomic mass is 10.3. The lowest BCUT2D eigenvalue weighted by molar-refractivity contribution is 0.381. The normalized spacial score (nSPS) is 21.7. The Hall–Kier alpha value is 0.120. The van der Waals surface area contributed by atoms with Gasteiger partial charge in [-0.3, -0.25) is 0 Å². The highest BCUT2D eigenvalue weighted by Crippen LogP contribution is 2.09. The molecule has 0 radical (unpaired) electrons. The third kappa shape index (κ3) is 4.24. The average molecular weight is 258 g/mol. The van der Waals surface area contributed by atoms with Crippen LogP contribution in [-0.2, 0) is 10.2 Å². The minimum absolute atomic E-state index is 0. The van der Waals surface area contributed by atoms with Gasteiger partial charge in [-0.1, -0.05) is 6.92 Å². The molecule has 0 amide bonds. The molecule has 2 N–H and O–H groups in total. The Morgan fingerprint density at radius 1 is 1.53 bits per heavy atom. The zero-order valence-corrected chi connectivity index (χ0v) is 10.8. The molecular weight excluding hydrogens is 238 g/mol. The molecule has 0 spiro atoms. The van der Waals surface area contributed by atoms with Crippen molar-refractivity contribution < 1.29 is 8.42 Å². The van der Waals surface area contributed by atoms with Gasteiger partial charge in [0, 0.05) is 26.2 Å². The Balaban J connectivity index is 0.00000196. The minimum atomic E-state index is -3.26. The van der Waals surface area contributed by atoms with Crippen molar-refractivity contribution in [2.24, 2.45) is 0 Å². The molecule has 0 aromatic carbocycles. The molecular formula is C8H20ClN3O2S. The fourth-order valence-corrected chi connectivity index (χ4v) is 2.72. The maximum Gasteiger partial charge on any atom is 0.279 e. The molecule has 92 valence electrons. The number of nitrogens with zero attached hydrogens (tertiary/aromatic N) is 1. The molecule has 1 saturated heterocycles. The molecule has 1 aliphatic heterocycles. The van der Waals surface area contributed by atoms with Crippen molar-refractivity contribution in [3.63, 3.8) is 0 Å². The Morgan fingerprint density at radius 2 is 2.20 bits per heavy atom. The lowest BCUT2D eigenvalue weighted by Crippen LogP contribution is -2.45. The van der Waals surface area contributed by atoms with Crippen molar-refractivity contribution in [1.82, 2.24) is 14.3 Å². The van der Waals surface area contributed by atoms with Gasteiger partial charge in [0.05, 0.1) is 0 Å². The van der Waals surface area contributed by atoms with E-state index in [-0.39, 0.29) is 18.4 Å². The second-order valence-corrected chi connectivity index (χ2v) is 5.38. The first-order valence-electron chi connectivity index (χ1n) is 5.01. The summed E-state index contributed by atoms with van der Waals surface area (Å²) < 4.78 is 27.3. The molecule has 1 atom stereocenters. The van der Waals surface area contributed by atoms with Crippen molar-refractivity contribution in [1.29, 1.82) is 0 Å². The van der Waals surface area contributed by atoms with Gasteiger partial charge in [0.25, 0.3) is 10.2 Å². The van der Waals surface area contributed by atoms with E-state index in [2.05, 4.69) is 10.0 Å². The first-order valence-corrected chi connectivity index (χ1v) is 6.45. The first kappa shape index (κ1) is 15.1. The standard InChI is InChI=1S/C8H19N3O2S.ClH/c1-3-5-10-14(12,13)11(2)8-4-6-9-7-8;/h8-10H,3-7H2,1-2H3;1H. The Morgan fingerprint density at radius 3 is 2.67 bits per heavy atom. The van der Waals surface area contributed by atoms with Gasteiger partial charge in [-0.25, -0.2) is 4.72 Å². The van der Waals surface area contributed by atoms with Crippen molar-refractivity contribution in [3.8, 4) is 0 Å². The topological polar surface area (TPSA) is 61.4 Å². The molecule has 5 nitrogen and oxygen atoms in total. The Labute approximate surface area is 98.2 Å². The van der Waals surface area contributed by atoms with E-state index in [0.717, 1.165) is 25.9 Å². The summed E-state index contributed by atoms with van der Waals surface area (Å²) >= 11 is 0. The Kier molecular flexibility index (Phi) is 6.70. The van der Waals surface area contributed by atoms with Crippen LogP contribution < -0.4 is 10.0 Å². The van der Waals surface area contributed by atoms with E-state index < -0.39 is 10.2 Å². The van der Waals surface area contributed by atoms with Crippen LogP contribution in [0, 0.1) is 0 Å². The zero-order chi connectivity index (χ0) is 10.6. The summed E-state index contributed by atoms with van der Waals surface area (Å²) in [4.78, 5) is 0. The van der Waals surface area contributed by atoms with E-state index in [1.807, 2.05) is 6.92 Å².